The second-order valence-corrected chi connectivity index (χ2v) is 6.44. The number of aromatic carboxylic acids is 1. The van der Waals surface area contributed by atoms with Crippen molar-refractivity contribution in [2.45, 2.75) is 25.8 Å². The van der Waals surface area contributed by atoms with E-state index in [1.807, 2.05) is 6.92 Å². The number of carboxylic acids is 1. The molecule has 7 nitrogen and oxygen atoms in total. The van der Waals surface area contributed by atoms with Crippen LogP contribution in [0.15, 0.2) is 34.3 Å². The molecule has 9 heteroatoms. The van der Waals surface area contributed by atoms with Gasteiger partial charge in [-0.15, -0.1) is 0 Å². The summed E-state index contributed by atoms with van der Waals surface area (Å²) in [5, 5.41) is 14.2. The number of carboxylic acid groups (broad SMARTS) is 1. The molecule has 1 aliphatic rings. The Bertz CT molecular complexity index is 919. The van der Waals surface area contributed by atoms with Gasteiger partial charge in [-0.3, -0.25) is 14.8 Å². The van der Waals surface area contributed by atoms with Gasteiger partial charge < -0.3 is 5.11 Å². The number of hydrazone groups is 1. The number of anilines is 1. The van der Waals surface area contributed by atoms with Crippen molar-refractivity contribution < 1.29 is 9.90 Å². The Labute approximate surface area is 152 Å². The van der Waals surface area contributed by atoms with E-state index in [0.29, 0.717) is 40.1 Å². The summed E-state index contributed by atoms with van der Waals surface area (Å²) >= 11 is 12.2. The van der Waals surface area contributed by atoms with Crippen LogP contribution in [0.5, 0.6) is 0 Å². The molecular weight excluding hydrogens is 367 g/mol. The second kappa shape index (κ2) is 6.85. The summed E-state index contributed by atoms with van der Waals surface area (Å²) in [7, 11) is 0. The maximum Gasteiger partial charge on any atom is 0.342 e. The number of carbonyl (C=O) groups is 1. The van der Waals surface area contributed by atoms with Crippen molar-refractivity contribution in [1.82, 2.24) is 9.55 Å². The Balaban J connectivity index is 2.04. The second-order valence-electron chi connectivity index (χ2n) is 5.63. The molecule has 1 aromatic carbocycles. The topological polar surface area (TPSA) is 96.6 Å². The Kier molecular flexibility index (Phi) is 4.78. The minimum Gasteiger partial charge on any atom is -0.477 e. The Morgan fingerprint density at radius 2 is 2.08 bits per heavy atom. The molecule has 2 aromatic rings. The van der Waals surface area contributed by atoms with Crippen molar-refractivity contribution in [3.05, 3.63) is 56.2 Å². The number of hydrogen-bond donors (Lipinski definition) is 2. The summed E-state index contributed by atoms with van der Waals surface area (Å²) in [6.07, 6.45) is 2.27. The van der Waals surface area contributed by atoms with Crippen LogP contribution in [0.2, 0.25) is 10.0 Å². The Morgan fingerprint density at radius 1 is 1.40 bits per heavy atom. The van der Waals surface area contributed by atoms with E-state index in [9.17, 15) is 9.59 Å². The highest BCUT2D eigenvalue weighted by Gasteiger charge is 2.26. The van der Waals surface area contributed by atoms with E-state index in [-0.39, 0.29) is 11.6 Å². The smallest absolute Gasteiger partial charge is 0.342 e. The lowest BCUT2D eigenvalue weighted by Crippen LogP contribution is -2.37. The van der Waals surface area contributed by atoms with Gasteiger partial charge in [0.15, 0.2) is 5.82 Å². The molecule has 0 fully saturated rings. The summed E-state index contributed by atoms with van der Waals surface area (Å²) in [6.45, 7) is 1.84. The average Bonchev–Trinajstić information content (AvgIpc) is 2.56. The van der Waals surface area contributed by atoms with Gasteiger partial charge in [-0.2, -0.15) is 5.10 Å². The molecule has 1 unspecified atom stereocenters. The number of hydrogen-bond acceptors (Lipinski definition) is 5. The minimum absolute atomic E-state index is 0.169. The van der Waals surface area contributed by atoms with Crippen LogP contribution in [0.3, 0.4) is 0 Å². The van der Waals surface area contributed by atoms with Gasteiger partial charge in [0.1, 0.15) is 11.3 Å². The molecule has 1 aliphatic heterocycles. The number of aromatic nitrogens is 2. The molecule has 0 amide bonds. The molecule has 1 aromatic heterocycles. The molecule has 2 N–H and O–H groups in total. The summed E-state index contributed by atoms with van der Waals surface area (Å²) in [6, 6.07) is 4.90. The number of benzene rings is 1. The van der Waals surface area contributed by atoms with Crippen LogP contribution < -0.4 is 11.0 Å². The van der Waals surface area contributed by atoms with E-state index < -0.39 is 11.5 Å². The first kappa shape index (κ1) is 17.4. The number of fused-ring (bicyclic) bond motifs is 1. The summed E-state index contributed by atoms with van der Waals surface area (Å²) in [4.78, 5) is 27.7. The number of rotatable bonds is 3. The standard InChI is InChI=1S/C16H14Cl2N4O3/c1-8-5-6-12(20-21-13-10(17)3-2-4-11(13)18)14-19-7-9(16(24)25)15(23)22(8)14/h2-4,7-8,21H,5-6H2,1H3,(H,24,25). The van der Waals surface area contributed by atoms with Gasteiger partial charge in [-0.25, -0.2) is 9.78 Å². The largest absolute Gasteiger partial charge is 0.477 e. The van der Waals surface area contributed by atoms with Crippen molar-refractivity contribution >= 4 is 40.6 Å². The molecule has 0 bridgehead atoms. The zero-order valence-corrected chi connectivity index (χ0v) is 14.7. The molecule has 3 rings (SSSR count). The highest BCUT2D eigenvalue weighted by Crippen LogP contribution is 2.30. The van der Waals surface area contributed by atoms with Crippen LogP contribution in [-0.4, -0.2) is 26.3 Å². The number of halogens is 2. The van der Waals surface area contributed by atoms with Crippen LogP contribution in [-0.2, 0) is 0 Å². The molecule has 25 heavy (non-hydrogen) atoms. The SMILES string of the molecule is CC1CCC(=NNc2c(Cl)cccc2Cl)c2ncc(C(=O)O)c(=O)n21. The van der Waals surface area contributed by atoms with Crippen molar-refractivity contribution in [1.29, 1.82) is 0 Å². The predicted molar refractivity (Wildman–Crippen MR) is 96.0 cm³/mol. The van der Waals surface area contributed by atoms with E-state index in [4.69, 9.17) is 28.3 Å². The monoisotopic (exact) mass is 380 g/mol. The maximum absolute atomic E-state index is 12.4. The first-order valence-electron chi connectivity index (χ1n) is 7.52. The molecular formula is C16H14Cl2N4O3. The van der Waals surface area contributed by atoms with E-state index in [0.717, 1.165) is 6.20 Å². The zero-order chi connectivity index (χ0) is 18.1. The molecule has 0 radical (unpaired) electrons. The normalized spacial score (nSPS) is 18.0. The van der Waals surface area contributed by atoms with Crippen LogP contribution in [0.1, 0.15) is 42.0 Å². The maximum atomic E-state index is 12.4. The van der Waals surface area contributed by atoms with Crippen molar-refractivity contribution in [2.24, 2.45) is 5.10 Å². The van der Waals surface area contributed by atoms with E-state index in [1.54, 1.807) is 18.2 Å². The lowest BCUT2D eigenvalue weighted by Gasteiger charge is -2.25. The molecule has 2 heterocycles. The molecule has 1 atom stereocenters. The minimum atomic E-state index is -1.30. The highest BCUT2D eigenvalue weighted by atomic mass is 35.5. The first-order chi connectivity index (χ1) is 11.9. The van der Waals surface area contributed by atoms with E-state index >= 15 is 0 Å². The van der Waals surface area contributed by atoms with Gasteiger partial charge in [0.05, 0.1) is 15.7 Å². The first-order valence-corrected chi connectivity index (χ1v) is 8.27. The predicted octanol–water partition coefficient (Wildman–Crippen LogP) is 3.42. The fraction of sp³-hybridized carbons (Fsp3) is 0.250. The lowest BCUT2D eigenvalue weighted by molar-refractivity contribution is 0.0693. The Hall–Kier alpha value is -2.38. The highest BCUT2D eigenvalue weighted by molar-refractivity contribution is 6.39. The third-order valence-electron chi connectivity index (χ3n) is 3.99. The summed E-state index contributed by atoms with van der Waals surface area (Å²) < 4.78 is 1.36. The molecule has 0 aliphatic carbocycles. The van der Waals surface area contributed by atoms with Crippen LogP contribution in [0.25, 0.3) is 0 Å². The Morgan fingerprint density at radius 3 is 2.72 bits per heavy atom. The van der Waals surface area contributed by atoms with Gasteiger partial charge in [0, 0.05) is 12.2 Å². The van der Waals surface area contributed by atoms with Crippen molar-refractivity contribution in [3.8, 4) is 0 Å². The van der Waals surface area contributed by atoms with Crippen LogP contribution >= 0.6 is 23.2 Å². The summed E-state index contributed by atoms with van der Waals surface area (Å²) in [5.74, 6) is -0.963. The van der Waals surface area contributed by atoms with Crippen molar-refractivity contribution in [3.63, 3.8) is 0 Å². The number of nitrogens with one attached hydrogen (secondary N) is 1. The van der Waals surface area contributed by atoms with Crippen LogP contribution in [0, 0.1) is 0 Å². The quantitative estimate of drug-likeness (QED) is 0.795. The fourth-order valence-electron chi connectivity index (χ4n) is 2.66. The average molecular weight is 381 g/mol. The summed E-state index contributed by atoms with van der Waals surface area (Å²) in [5.41, 5.74) is 2.85. The molecule has 0 saturated carbocycles. The van der Waals surface area contributed by atoms with Crippen LogP contribution in [0.4, 0.5) is 5.69 Å². The lowest BCUT2D eigenvalue weighted by atomic mass is 10.0. The van der Waals surface area contributed by atoms with Gasteiger partial charge in [-0.05, 0) is 31.9 Å². The number of nitrogens with zero attached hydrogens (tertiary/aromatic N) is 3. The van der Waals surface area contributed by atoms with E-state index in [2.05, 4.69) is 15.5 Å². The van der Waals surface area contributed by atoms with Gasteiger partial charge >= 0.3 is 5.97 Å². The number of para-hydroxylation sites is 1. The molecule has 130 valence electrons. The van der Waals surface area contributed by atoms with E-state index in [1.165, 1.54) is 4.57 Å². The molecule has 0 saturated heterocycles. The third kappa shape index (κ3) is 3.25. The van der Waals surface area contributed by atoms with Gasteiger partial charge in [0.2, 0.25) is 0 Å². The van der Waals surface area contributed by atoms with Crippen molar-refractivity contribution in [2.75, 3.05) is 5.43 Å². The zero-order valence-electron chi connectivity index (χ0n) is 13.2. The van der Waals surface area contributed by atoms with Gasteiger partial charge in [-0.1, -0.05) is 29.3 Å². The fourth-order valence-corrected chi connectivity index (χ4v) is 3.14. The van der Waals surface area contributed by atoms with Gasteiger partial charge in [0.25, 0.3) is 5.56 Å². The molecule has 0 spiro atoms. The third-order valence-corrected chi connectivity index (χ3v) is 4.62.